The summed E-state index contributed by atoms with van der Waals surface area (Å²) < 4.78 is 55.4. The van der Waals surface area contributed by atoms with Gasteiger partial charge in [0.25, 0.3) is 0 Å². The predicted molar refractivity (Wildman–Crippen MR) is 179 cm³/mol. The van der Waals surface area contributed by atoms with Crippen LogP contribution >= 0.6 is 11.3 Å². The maximum Gasteiger partial charge on any atom is 0.214 e. The van der Waals surface area contributed by atoms with E-state index in [0.717, 1.165) is 26.7 Å². The Balaban J connectivity index is 0.000000258. The number of pyridine rings is 3. The average Bonchev–Trinajstić information content (AvgIpc) is 3.38. The Labute approximate surface area is 280 Å². The van der Waals surface area contributed by atoms with Gasteiger partial charge in [0.2, 0.25) is 5.95 Å². The van der Waals surface area contributed by atoms with Crippen LogP contribution in [0.1, 0.15) is 38.8 Å². The molecule has 0 aliphatic rings. The standard InChI is InChI=1S/C22H20FN2S.C14H16NSi.Ir/c1-13-12-24-18(10-14(13)11-22(2,3)4)17-7-5-6-15-16-8-9-19(23)25-21(16)26-20(15)17;1-16(2,3)13-9-10-14(15-11-13)12-7-5-4-6-8-12;/h5-6,8-10,12H,11H2,1-4H3;4-7,9-11H,1-3H3;/q2*-1;/i1D3,11D2;;. The summed E-state index contributed by atoms with van der Waals surface area (Å²) >= 11 is 1.30. The molecular formula is C36H36FIrN3SSi-2. The number of aromatic nitrogens is 3. The molecule has 1 radical (unpaired) electrons. The molecule has 4 aromatic heterocycles. The van der Waals surface area contributed by atoms with E-state index < -0.39 is 32.7 Å². The van der Waals surface area contributed by atoms with Crippen molar-refractivity contribution in [3.63, 3.8) is 0 Å². The topological polar surface area (TPSA) is 38.7 Å². The molecule has 0 N–H and O–H groups in total. The summed E-state index contributed by atoms with van der Waals surface area (Å²) in [7, 11) is -1.23. The average molecular weight is 787 g/mol. The van der Waals surface area contributed by atoms with Crippen LogP contribution in [0.3, 0.4) is 0 Å². The Hall–Kier alpha value is -3.09. The normalized spacial score (nSPS) is 14.0. The minimum Gasteiger partial charge on any atom is -0.305 e. The van der Waals surface area contributed by atoms with Crippen LogP contribution in [0.5, 0.6) is 0 Å². The van der Waals surface area contributed by atoms with Crippen LogP contribution < -0.4 is 5.19 Å². The van der Waals surface area contributed by atoms with E-state index in [0.29, 0.717) is 16.1 Å². The van der Waals surface area contributed by atoms with Gasteiger partial charge in [-0.05, 0) is 57.6 Å². The molecule has 0 saturated carbocycles. The molecule has 0 aliphatic heterocycles. The molecule has 4 heterocycles. The van der Waals surface area contributed by atoms with Crippen molar-refractivity contribution in [2.75, 3.05) is 0 Å². The molecule has 0 unspecified atom stereocenters. The van der Waals surface area contributed by atoms with E-state index in [1.165, 1.54) is 34.9 Å². The van der Waals surface area contributed by atoms with Crippen LogP contribution in [-0.2, 0) is 26.5 Å². The molecule has 0 bridgehead atoms. The van der Waals surface area contributed by atoms with Crippen molar-refractivity contribution in [2.24, 2.45) is 5.41 Å². The van der Waals surface area contributed by atoms with E-state index in [-0.39, 0.29) is 31.2 Å². The quantitative estimate of drug-likeness (QED) is 0.102. The number of hydrogen-bond donors (Lipinski definition) is 0. The molecule has 223 valence electrons. The molecule has 0 amide bonds. The van der Waals surface area contributed by atoms with Gasteiger partial charge < -0.3 is 9.97 Å². The van der Waals surface area contributed by atoms with Crippen LogP contribution in [0.15, 0.2) is 79.1 Å². The molecule has 0 spiro atoms. The van der Waals surface area contributed by atoms with Crippen molar-refractivity contribution in [3.05, 3.63) is 108 Å². The summed E-state index contributed by atoms with van der Waals surface area (Å²) in [5.41, 5.74) is 2.20. The Bertz CT molecular complexity index is 2040. The second-order valence-electron chi connectivity index (χ2n) is 12.1. The number of fused-ring (bicyclic) bond motifs is 3. The molecule has 6 aromatic rings. The maximum absolute atomic E-state index is 13.6. The molecule has 3 nitrogen and oxygen atoms in total. The van der Waals surface area contributed by atoms with Crippen molar-refractivity contribution in [1.29, 1.82) is 0 Å². The fourth-order valence-electron chi connectivity index (χ4n) is 4.44. The molecule has 2 aromatic carbocycles. The number of rotatable bonds is 4. The third-order valence-electron chi connectivity index (χ3n) is 6.55. The Kier molecular flexibility index (Phi) is 8.12. The molecule has 0 atom stereocenters. The monoisotopic (exact) mass is 787 g/mol. The maximum atomic E-state index is 13.6. The zero-order valence-electron chi connectivity index (χ0n) is 30.0. The first-order valence-corrected chi connectivity index (χ1v) is 18.0. The zero-order chi connectivity index (χ0) is 34.4. The van der Waals surface area contributed by atoms with Gasteiger partial charge in [-0.25, -0.2) is 4.98 Å². The van der Waals surface area contributed by atoms with Gasteiger partial charge in [-0.1, -0.05) is 69.6 Å². The van der Waals surface area contributed by atoms with Crippen molar-refractivity contribution < 1.29 is 31.3 Å². The second-order valence-corrected chi connectivity index (χ2v) is 18.2. The van der Waals surface area contributed by atoms with Gasteiger partial charge in [0.1, 0.15) is 4.83 Å². The van der Waals surface area contributed by atoms with Gasteiger partial charge in [0, 0.05) is 44.7 Å². The molecule has 0 aliphatic carbocycles. The third kappa shape index (κ3) is 7.90. The van der Waals surface area contributed by atoms with Gasteiger partial charge >= 0.3 is 0 Å². The fraction of sp³-hybridized carbons (Fsp3) is 0.250. The van der Waals surface area contributed by atoms with Crippen LogP contribution in [0.25, 0.3) is 42.8 Å². The predicted octanol–water partition coefficient (Wildman–Crippen LogP) is 9.44. The summed E-state index contributed by atoms with van der Waals surface area (Å²) in [6.07, 6.45) is 1.33. The van der Waals surface area contributed by atoms with E-state index >= 15 is 0 Å². The minimum atomic E-state index is -2.51. The smallest absolute Gasteiger partial charge is 0.214 e. The number of benzene rings is 2. The molecule has 0 saturated heterocycles. The largest absolute Gasteiger partial charge is 0.305 e. The SMILES string of the molecule is C[Si](C)(C)c1ccc(-c2[c-]cccc2)nc1.[2H]C([2H])([2H])c1cnc(-c2[c-]ccc3c2sc2nc(F)ccc23)cc1C([2H])([2H])C(C)(C)C.[Ir]. The summed E-state index contributed by atoms with van der Waals surface area (Å²) in [6, 6.07) is 26.7. The Morgan fingerprint density at radius 1 is 0.930 bits per heavy atom. The van der Waals surface area contributed by atoms with Gasteiger partial charge in [-0.15, -0.1) is 59.7 Å². The van der Waals surface area contributed by atoms with E-state index in [9.17, 15) is 4.39 Å². The van der Waals surface area contributed by atoms with Crippen molar-refractivity contribution in [2.45, 2.75) is 53.6 Å². The molecule has 6 rings (SSSR count). The Morgan fingerprint density at radius 3 is 2.37 bits per heavy atom. The van der Waals surface area contributed by atoms with E-state index in [2.05, 4.69) is 58.9 Å². The summed E-state index contributed by atoms with van der Waals surface area (Å²) in [4.78, 5) is 13.4. The van der Waals surface area contributed by atoms with Crippen molar-refractivity contribution in [3.8, 4) is 22.5 Å². The van der Waals surface area contributed by atoms with Crippen molar-refractivity contribution >= 4 is 44.9 Å². The number of nitrogens with zero attached hydrogens (tertiary/aromatic N) is 3. The molecular weight excluding hydrogens is 746 g/mol. The number of halogens is 1. The summed E-state index contributed by atoms with van der Waals surface area (Å²) in [5, 5.41) is 3.07. The van der Waals surface area contributed by atoms with E-state index in [1.807, 2.05) is 36.5 Å². The third-order valence-corrected chi connectivity index (χ3v) is 9.71. The van der Waals surface area contributed by atoms with Crippen LogP contribution in [-0.4, -0.2) is 23.0 Å². The molecule has 7 heteroatoms. The van der Waals surface area contributed by atoms with Gasteiger partial charge in [-0.2, -0.15) is 15.7 Å². The number of thiophene rings is 1. The number of hydrogen-bond acceptors (Lipinski definition) is 4. The fourth-order valence-corrected chi connectivity index (χ4v) is 6.64. The van der Waals surface area contributed by atoms with Gasteiger partial charge in [0.15, 0.2) is 0 Å². The van der Waals surface area contributed by atoms with E-state index in [4.69, 9.17) is 6.85 Å². The number of aryl methyl sites for hydroxylation is 1. The molecule has 43 heavy (non-hydrogen) atoms. The molecule has 0 fully saturated rings. The first-order valence-electron chi connectivity index (χ1n) is 16.2. The minimum absolute atomic E-state index is 0. The summed E-state index contributed by atoms with van der Waals surface area (Å²) in [6.45, 7) is 9.68. The second kappa shape index (κ2) is 13.3. The Morgan fingerprint density at radius 2 is 1.72 bits per heavy atom. The van der Waals surface area contributed by atoms with Crippen LogP contribution in [0.2, 0.25) is 19.6 Å². The van der Waals surface area contributed by atoms with E-state index in [1.54, 1.807) is 32.9 Å². The first-order chi connectivity index (χ1) is 21.9. The van der Waals surface area contributed by atoms with Gasteiger partial charge in [-0.3, -0.25) is 0 Å². The first kappa shape index (κ1) is 26.3. The zero-order valence-corrected chi connectivity index (χ0v) is 29.2. The van der Waals surface area contributed by atoms with Crippen molar-refractivity contribution in [1.82, 2.24) is 15.0 Å². The van der Waals surface area contributed by atoms with Crippen LogP contribution in [0, 0.1) is 30.3 Å². The van der Waals surface area contributed by atoms with Crippen LogP contribution in [0.4, 0.5) is 4.39 Å². The van der Waals surface area contributed by atoms with Gasteiger partial charge in [0.05, 0.1) is 8.07 Å². The summed E-state index contributed by atoms with van der Waals surface area (Å²) in [5.74, 6) is -0.564.